The summed E-state index contributed by atoms with van der Waals surface area (Å²) in [6, 6.07) is 21.6. The maximum Gasteiger partial charge on any atom is 0.145 e. The maximum absolute atomic E-state index is 9.61. The van der Waals surface area contributed by atoms with Crippen LogP contribution in [0.25, 0.3) is 21.9 Å². The lowest BCUT2D eigenvalue weighted by Gasteiger charge is -2.15. The second-order valence-corrected chi connectivity index (χ2v) is 4.79. The van der Waals surface area contributed by atoms with E-state index in [9.17, 15) is 10.5 Å². The third-order valence-electron chi connectivity index (χ3n) is 3.66. The first-order valence-corrected chi connectivity index (χ1v) is 6.80. The van der Waals surface area contributed by atoms with Crippen LogP contribution in [0.2, 0.25) is 0 Å². The third kappa shape index (κ3) is 1.97. The van der Waals surface area contributed by atoms with Crippen LogP contribution in [0.3, 0.4) is 0 Å². The van der Waals surface area contributed by atoms with Gasteiger partial charge < -0.3 is 4.74 Å². The average molecular weight is 284 g/mol. The molecule has 0 heterocycles. The molecule has 0 spiro atoms. The van der Waals surface area contributed by atoms with Gasteiger partial charge in [-0.05, 0) is 10.9 Å². The van der Waals surface area contributed by atoms with Crippen molar-refractivity contribution in [2.24, 2.45) is 0 Å². The van der Waals surface area contributed by atoms with Gasteiger partial charge in [-0.3, -0.25) is 0 Å². The van der Waals surface area contributed by atoms with E-state index < -0.39 is 0 Å². The summed E-state index contributed by atoms with van der Waals surface area (Å²) < 4.78 is 5.41. The van der Waals surface area contributed by atoms with Crippen LogP contribution in [0.5, 0.6) is 5.75 Å². The first kappa shape index (κ1) is 13.7. The van der Waals surface area contributed by atoms with E-state index in [0.29, 0.717) is 11.3 Å². The minimum absolute atomic E-state index is 0.280. The number of nitriles is 2. The molecule has 0 atom stereocenters. The number of ether oxygens (including phenoxy) is 1. The molecule has 3 nitrogen and oxygen atoms in total. The normalized spacial score (nSPS) is 9.95. The van der Waals surface area contributed by atoms with Crippen molar-refractivity contribution in [2.75, 3.05) is 7.11 Å². The average Bonchev–Trinajstić information content (AvgIpc) is 2.60. The lowest BCUT2D eigenvalue weighted by molar-refractivity contribution is 0.418. The van der Waals surface area contributed by atoms with Crippen molar-refractivity contribution >= 4 is 10.8 Å². The second-order valence-electron chi connectivity index (χ2n) is 4.79. The van der Waals surface area contributed by atoms with Crippen LogP contribution >= 0.6 is 0 Å². The van der Waals surface area contributed by atoms with Gasteiger partial charge in [-0.1, -0.05) is 54.6 Å². The summed E-state index contributed by atoms with van der Waals surface area (Å²) in [5, 5.41) is 20.9. The molecular weight excluding hydrogens is 272 g/mol. The lowest BCUT2D eigenvalue weighted by Crippen LogP contribution is -1.97. The van der Waals surface area contributed by atoms with E-state index in [1.807, 2.05) is 54.6 Å². The predicted octanol–water partition coefficient (Wildman–Crippen LogP) is 4.26. The Morgan fingerprint density at radius 3 is 1.95 bits per heavy atom. The summed E-state index contributed by atoms with van der Waals surface area (Å²) in [4.78, 5) is 0. The van der Waals surface area contributed by atoms with Crippen LogP contribution < -0.4 is 4.74 Å². The van der Waals surface area contributed by atoms with E-state index in [1.54, 1.807) is 0 Å². The van der Waals surface area contributed by atoms with Gasteiger partial charge in [-0.2, -0.15) is 10.5 Å². The van der Waals surface area contributed by atoms with E-state index >= 15 is 0 Å². The standard InChI is InChI=1S/C19H12N2O/c1-22-19-15-10-6-5-9-14(15)18(13-7-3-2-4-8-13)16(11-20)17(19)12-21/h2-10H,1H3. The number of benzene rings is 3. The summed E-state index contributed by atoms with van der Waals surface area (Å²) >= 11 is 0. The summed E-state index contributed by atoms with van der Waals surface area (Å²) in [5.41, 5.74) is 2.32. The highest BCUT2D eigenvalue weighted by Crippen LogP contribution is 2.40. The summed E-state index contributed by atoms with van der Waals surface area (Å²) in [7, 11) is 1.52. The fourth-order valence-corrected chi connectivity index (χ4v) is 2.74. The molecule has 3 rings (SSSR count). The number of hydrogen-bond acceptors (Lipinski definition) is 3. The number of methoxy groups -OCH3 is 1. The molecule has 0 bridgehead atoms. The van der Waals surface area contributed by atoms with E-state index in [-0.39, 0.29) is 5.56 Å². The largest absolute Gasteiger partial charge is 0.495 e. The van der Waals surface area contributed by atoms with E-state index in [2.05, 4.69) is 12.1 Å². The zero-order valence-corrected chi connectivity index (χ0v) is 12.0. The molecule has 3 aromatic rings. The smallest absolute Gasteiger partial charge is 0.145 e. The molecule has 3 heteroatoms. The van der Waals surface area contributed by atoms with Gasteiger partial charge in [0.1, 0.15) is 23.5 Å². The van der Waals surface area contributed by atoms with Gasteiger partial charge in [0, 0.05) is 10.9 Å². The van der Waals surface area contributed by atoms with Gasteiger partial charge in [0.05, 0.1) is 12.7 Å². The Kier molecular flexibility index (Phi) is 3.48. The van der Waals surface area contributed by atoms with Crippen molar-refractivity contribution in [1.29, 1.82) is 10.5 Å². The Labute approximate surface area is 128 Å². The van der Waals surface area contributed by atoms with Crippen molar-refractivity contribution < 1.29 is 4.74 Å². The van der Waals surface area contributed by atoms with Crippen LogP contribution in [-0.4, -0.2) is 7.11 Å². The van der Waals surface area contributed by atoms with Crippen LogP contribution in [0.15, 0.2) is 54.6 Å². The highest BCUT2D eigenvalue weighted by Gasteiger charge is 2.20. The van der Waals surface area contributed by atoms with Crippen molar-refractivity contribution in [3.05, 3.63) is 65.7 Å². The quantitative estimate of drug-likeness (QED) is 0.706. The van der Waals surface area contributed by atoms with Crippen LogP contribution in [0, 0.1) is 22.7 Å². The molecule has 0 aliphatic rings. The minimum atomic E-state index is 0.280. The second kappa shape index (κ2) is 5.60. The number of rotatable bonds is 2. The zero-order chi connectivity index (χ0) is 15.5. The van der Waals surface area contributed by atoms with Gasteiger partial charge in [0.25, 0.3) is 0 Å². The highest BCUT2D eigenvalue weighted by molar-refractivity contribution is 6.04. The van der Waals surface area contributed by atoms with Crippen LogP contribution in [0.1, 0.15) is 11.1 Å². The lowest BCUT2D eigenvalue weighted by atomic mass is 9.89. The van der Waals surface area contributed by atoms with Gasteiger partial charge in [0.2, 0.25) is 0 Å². The molecule has 0 saturated heterocycles. The van der Waals surface area contributed by atoms with E-state index in [1.165, 1.54) is 7.11 Å². The van der Waals surface area contributed by atoms with Gasteiger partial charge >= 0.3 is 0 Å². The number of hydrogen-bond donors (Lipinski definition) is 0. The maximum atomic E-state index is 9.61. The van der Waals surface area contributed by atoms with E-state index in [4.69, 9.17) is 4.74 Å². The Bertz CT molecular complexity index is 932. The molecule has 0 unspecified atom stereocenters. The van der Waals surface area contributed by atoms with Crippen LogP contribution in [-0.2, 0) is 0 Å². The van der Waals surface area contributed by atoms with E-state index in [0.717, 1.165) is 21.9 Å². The molecule has 0 fully saturated rings. The molecule has 0 amide bonds. The minimum Gasteiger partial charge on any atom is -0.495 e. The van der Waals surface area contributed by atoms with Crippen molar-refractivity contribution in [3.63, 3.8) is 0 Å². The van der Waals surface area contributed by atoms with Crippen molar-refractivity contribution in [1.82, 2.24) is 0 Å². The number of fused-ring (bicyclic) bond motifs is 1. The molecule has 0 aromatic heterocycles. The van der Waals surface area contributed by atoms with Crippen LogP contribution in [0.4, 0.5) is 0 Å². The Morgan fingerprint density at radius 1 is 0.773 bits per heavy atom. The molecule has 3 aromatic carbocycles. The molecule has 0 aliphatic heterocycles. The Hall–Kier alpha value is -3.30. The number of nitrogens with zero attached hydrogens (tertiary/aromatic N) is 2. The molecule has 0 aliphatic carbocycles. The van der Waals surface area contributed by atoms with Crippen molar-refractivity contribution in [3.8, 4) is 29.0 Å². The van der Waals surface area contributed by atoms with Gasteiger partial charge in [-0.15, -0.1) is 0 Å². The summed E-state index contributed by atoms with van der Waals surface area (Å²) in [6.07, 6.45) is 0. The summed E-state index contributed by atoms with van der Waals surface area (Å²) in [5.74, 6) is 0.453. The highest BCUT2D eigenvalue weighted by atomic mass is 16.5. The molecular formula is C19H12N2O. The molecule has 0 radical (unpaired) electrons. The SMILES string of the molecule is COc1c(C#N)c(C#N)c(-c2ccccc2)c2ccccc12. The van der Waals surface area contributed by atoms with Crippen molar-refractivity contribution in [2.45, 2.75) is 0 Å². The Balaban J connectivity index is 2.57. The zero-order valence-electron chi connectivity index (χ0n) is 12.0. The molecule has 22 heavy (non-hydrogen) atoms. The molecule has 0 saturated carbocycles. The fraction of sp³-hybridized carbons (Fsp3) is 0.0526. The fourth-order valence-electron chi connectivity index (χ4n) is 2.74. The first-order valence-electron chi connectivity index (χ1n) is 6.80. The summed E-state index contributed by atoms with van der Waals surface area (Å²) in [6.45, 7) is 0. The van der Waals surface area contributed by atoms with Gasteiger partial charge in [0.15, 0.2) is 0 Å². The third-order valence-corrected chi connectivity index (χ3v) is 3.66. The topological polar surface area (TPSA) is 56.8 Å². The molecule has 104 valence electrons. The van der Waals surface area contributed by atoms with Gasteiger partial charge in [-0.25, -0.2) is 0 Å². The first-order chi connectivity index (χ1) is 10.8. The molecule has 0 N–H and O–H groups in total. The predicted molar refractivity (Wildman–Crippen MR) is 85.4 cm³/mol. The monoisotopic (exact) mass is 284 g/mol. The Morgan fingerprint density at radius 2 is 1.36 bits per heavy atom.